The molecule has 15 nitrogen and oxygen atoms in total. The van der Waals surface area contributed by atoms with Crippen LogP contribution in [0.15, 0.2) is 131 Å². The van der Waals surface area contributed by atoms with E-state index in [-0.39, 0.29) is 110 Å². The molecule has 3 N–H and O–H groups in total. The Morgan fingerprint density at radius 3 is 1.45 bits per heavy atom. The number of nitrogens with zero attached hydrogens (tertiary/aromatic N) is 6. The molecule has 2 atom stereocenters. The minimum Gasteiger partial charge on any atom is -0.483 e. The number of hydrogen-bond donors (Lipinski definition) is 2. The summed E-state index contributed by atoms with van der Waals surface area (Å²) in [4.78, 5) is 81.8. The Labute approximate surface area is 491 Å². The molecule has 0 fully saturated rings. The van der Waals surface area contributed by atoms with Gasteiger partial charge in [0.25, 0.3) is 11.8 Å². The molecule has 0 aliphatic carbocycles. The van der Waals surface area contributed by atoms with Gasteiger partial charge in [-0.15, -0.1) is 22.7 Å². The van der Waals surface area contributed by atoms with Gasteiger partial charge in [0, 0.05) is 104 Å². The topological polar surface area (TPSA) is 184 Å². The molecule has 10 rings (SSSR count). The van der Waals surface area contributed by atoms with Crippen molar-refractivity contribution in [1.29, 1.82) is 0 Å². The molecule has 438 valence electrons. The summed E-state index contributed by atoms with van der Waals surface area (Å²) in [5.74, 6) is -3.57. The number of ether oxygens (including phenoxy) is 2. The van der Waals surface area contributed by atoms with Crippen molar-refractivity contribution in [3.8, 4) is 32.6 Å². The van der Waals surface area contributed by atoms with Crippen LogP contribution < -0.4 is 31.4 Å². The molecule has 0 saturated heterocycles. The van der Waals surface area contributed by atoms with Crippen molar-refractivity contribution in [2.75, 3.05) is 26.2 Å². The van der Waals surface area contributed by atoms with Crippen molar-refractivity contribution < 1.29 is 41.4 Å². The molecule has 0 spiro atoms. The van der Waals surface area contributed by atoms with Gasteiger partial charge in [0.1, 0.15) is 46.5 Å². The maximum absolute atomic E-state index is 14.4. The molecular weight excluding hydrogens is 1120 g/mol. The van der Waals surface area contributed by atoms with E-state index in [0.717, 1.165) is 23.3 Å². The fraction of sp³-hybridized carbons (Fsp3) is 0.317. The second kappa shape index (κ2) is 25.3. The van der Waals surface area contributed by atoms with Gasteiger partial charge in [0.2, 0.25) is 16.8 Å². The molecule has 21 heteroatoms. The summed E-state index contributed by atoms with van der Waals surface area (Å²) in [5.41, 5.74) is 6.77. The second-order valence-corrected chi connectivity index (χ2v) is 24.1. The number of hydrogen-bond acceptors (Lipinski definition) is 12. The van der Waals surface area contributed by atoms with Gasteiger partial charge in [-0.25, -0.2) is 27.5 Å². The number of benzene rings is 4. The maximum atomic E-state index is 14.4. The Morgan fingerprint density at radius 2 is 1.06 bits per heavy atom. The van der Waals surface area contributed by atoms with Crippen LogP contribution in [0, 0.1) is 23.3 Å². The van der Waals surface area contributed by atoms with Crippen LogP contribution in [0.3, 0.4) is 0 Å². The van der Waals surface area contributed by atoms with Crippen LogP contribution in [0.1, 0.15) is 108 Å². The molecule has 3 amide bonds. The van der Waals surface area contributed by atoms with Gasteiger partial charge in [-0.1, -0.05) is 79.7 Å². The van der Waals surface area contributed by atoms with E-state index >= 15 is 0 Å². The highest BCUT2D eigenvalue weighted by molar-refractivity contribution is 7.15. The van der Waals surface area contributed by atoms with Gasteiger partial charge in [-0.3, -0.25) is 24.0 Å². The summed E-state index contributed by atoms with van der Waals surface area (Å²) < 4.78 is 71.2. The lowest BCUT2D eigenvalue weighted by atomic mass is 9.94. The van der Waals surface area contributed by atoms with Crippen LogP contribution in [0.5, 0.6) is 11.5 Å². The van der Waals surface area contributed by atoms with E-state index in [2.05, 4.69) is 15.3 Å². The predicted octanol–water partition coefficient (Wildman–Crippen LogP) is 10.5. The lowest BCUT2D eigenvalue weighted by Gasteiger charge is -2.45. The Morgan fingerprint density at radius 1 is 0.643 bits per heavy atom. The number of halogens is 4. The van der Waals surface area contributed by atoms with Gasteiger partial charge in [0.05, 0.1) is 22.2 Å². The molecule has 4 aromatic heterocycles. The Hall–Kier alpha value is -8.27. The van der Waals surface area contributed by atoms with Crippen LogP contribution in [0.4, 0.5) is 17.6 Å². The molecular formula is C63H64F4N8O7S2. The van der Waals surface area contributed by atoms with Crippen LogP contribution in [0.25, 0.3) is 21.1 Å². The molecule has 0 radical (unpaired) electrons. The number of aromatic nitrogens is 4. The zero-order valence-electron chi connectivity index (χ0n) is 47.5. The van der Waals surface area contributed by atoms with Crippen molar-refractivity contribution >= 4 is 40.4 Å². The summed E-state index contributed by atoms with van der Waals surface area (Å²) in [6, 6.07) is 25.3. The largest absolute Gasteiger partial charge is 0.483 e. The molecule has 2 unspecified atom stereocenters. The van der Waals surface area contributed by atoms with Crippen molar-refractivity contribution in [3.05, 3.63) is 209 Å². The van der Waals surface area contributed by atoms with Gasteiger partial charge < -0.3 is 39.5 Å². The fourth-order valence-electron chi connectivity index (χ4n) is 10.1. The normalized spacial score (nSPS) is 16.5. The maximum Gasteiger partial charge on any atom is 0.274 e. The Kier molecular flexibility index (Phi) is 18.2. The minimum absolute atomic E-state index is 0.0533. The summed E-state index contributed by atoms with van der Waals surface area (Å²) in [5, 5.41) is 3.73. The SMILES string of the molecule is CC(C)N1CC(C)(CN)n2cc(-c3ncc(Cc4ccc(F)cc4F)s3)c(=O)c(OCc3ccccc3)c2C1=O.CCC(=O)NCC1(C)CN(C(C)C)C(=O)c2c(OCc3ccccc3)c(=O)c(-c3ncc(Cc4ccc(F)cc4F)s3)cn21. The number of rotatable bonds is 18. The number of carbonyl (C=O) groups is 3. The van der Waals surface area contributed by atoms with Crippen molar-refractivity contribution in [1.82, 2.24) is 34.2 Å². The number of carbonyl (C=O) groups excluding carboxylic acids is 3. The zero-order valence-corrected chi connectivity index (χ0v) is 49.1. The van der Waals surface area contributed by atoms with Crippen molar-refractivity contribution in [2.45, 2.75) is 104 Å². The van der Waals surface area contributed by atoms with E-state index in [9.17, 15) is 41.5 Å². The van der Waals surface area contributed by atoms with E-state index in [1.54, 1.807) is 50.6 Å². The number of nitrogens with one attached hydrogen (secondary N) is 1. The van der Waals surface area contributed by atoms with E-state index in [0.29, 0.717) is 43.9 Å². The summed E-state index contributed by atoms with van der Waals surface area (Å²) >= 11 is 2.43. The van der Waals surface area contributed by atoms with E-state index in [1.165, 1.54) is 46.9 Å². The average Bonchev–Trinajstić information content (AvgIpc) is 1.54. The summed E-state index contributed by atoms with van der Waals surface area (Å²) in [6.45, 7) is 14.5. The van der Waals surface area contributed by atoms with E-state index in [4.69, 9.17) is 15.2 Å². The highest BCUT2D eigenvalue weighted by atomic mass is 32.1. The van der Waals surface area contributed by atoms with E-state index < -0.39 is 45.2 Å². The van der Waals surface area contributed by atoms with Crippen molar-refractivity contribution in [2.24, 2.45) is 5.73 Å². The molecule has 84 heavy (non-hydrogen) atoms. The first-order valence-electron chi connectivity index (χ1n) is 27.4. The first-order chi connectivity index (χ1) is 40.1. The highest BCUT2D eigenvalue weighted by Crippen LogP contribution is 2.38. The van der Waals surface area contributed by atoms with Gasteiger partial charge in [-0.05, 0) is 75.9 Å². The number of thiazole rings is 2. The number of amides is 3. The van der Waals surface area contributed by atoms with Crippen molar-refractivity contribution in [3.63, 3.8) is 0 Å². The fourth-order valence-corrected chi connectivity index (χ4v) is 11.9. The third kappa shape index (κ3) is 12.8. The lowest BCUT2D eigenvalue weighted by Crippen LogP contribution is -2.59. The first-order valence-corrected chi connectivity index (χ1v) is 29.1. The number of pyridine rings is 2. The highest BCUT2D eigenvalue weighted by Gasteiger charge is 2.45. The van der Waals surface area contributed by atoms with Gasteiger partial charge >= 0.3 is 0 Å². The summed E-state index contributed by atoms with van der Waals surface area (Å²) in [7, 11) is 0. The zero-order chi connectivity index (χ0) is 60.2. The Bertz CT molecular complexity index is 3870. The minimum atomic E-state index is -0.830. The quantitative estimate of drug-likeness (QED) is 0.0784. The number of nitrogens with two attached hydrogens (primary N) is 1. The first kappa shape index (κ1) is 60.3. The third-order valence-corrected chi connectivity index (χ3v) is 17.0. The van der Waals surface area contributed by atoms with Crippen LogP contribution in [-0.4, -0.2) is 84.9 Å². The molecule has 8 aromatic rings. The lowest BCUT2D eigenvalue weighted by molar-refractivity contribution is -0.121. The smallest absolute Gasteiger partial charge is 0.274 e. The van der Waals surface area contributed by atoms with Crippen LogP contribution in [0.2, 0.25) is 0 Å². The monoisotopic (exact) mass is 1180 g/mol. The predicted molar refractivity (Wildman–Crippen MR) is 315 cm³/mol. The van der Waals surface area contributed by atoms with Gasteiger partial charge in [-0.2, -0.15) is 0 Å². The molecule has 0 bridgehead atoms. The van der Waals surface area contributed by atoms with E-state index in [1.807, 2.05) is 102 Å². The Balaban J connectivity index is 0.000000202. The number of fused-ring (bicyclic) bond motifs is 2. The average molecular weight is 1190 g/mol. The molecule has 0 saturated carbocycles. The summed E-state index contributed by atoms with van der Waals surface area (Å²) in [6.07, 6.45) is 7.03. The standard InChI is InChI=1S/C33H34F2N4O4S.C30H30F2N4O3S/c1-5-27(40)37-18-33(4)19-38(20(2)3)32(42)28-30(43-17-21-9-7-6-8-10-21)29(41)25(16-39(28)33)31-36-15-24(44-31)13-22-11-12-23(34)14-26(22)35;1-18(2)35-17-30(3,16-33)36-14-23(28-34-13-22(40-28)11-20-9-10-21(31)12-24(20)32)26(37)27(25(36)29(35)38)39-15-19-7-5-4-6-8-19/h6-12,14-16,20H,5,13,17-19H2,1-4H3,(H,37,40);4-10,12-14,18H,11,15-17,33H2,1-3H3. The molecule has 4 aromatic carbocycles. The van der Waals surface area contributed by atoms with Crippen LogP contribution in [-0.2, 0) is 41.9 Å². The molecule has 2 aliphatic heterocycles. The second-order valence-electron chi connectivity index (χ2n) is 21.9. The van der Waals surface area contributed by atoms with Crippen LogP contribution >= 0.6 is 22.7 Å². The molecule has 2 aliphatic rings. The third-order valence-electron chi connectivity index (χ3n) is 14.9. The van der Waals surface area contributed by atoms with Gasteiger partial charge in [0.15, 0.2) is 22.9 Å². The molecule has 6 heterocycles.